The molecular formula is C51H34N4OS. The monoisotopic (exact) mass is 750 g/mol. The van der Waals surface area contributed by atoms with Crippen molar-refractivity contribution in [3.63, 3.8) is 0 Å². The van der Waals surface area contributed by atoms with Gasteiger partial charge in [0.25, 0.3) is 0 Å². The molecule has 1 N–H and O–H groups in total. The van der Waals surface area contributed by atoms with Gasteiger partial charge in [0.1, 0.15) is 23.2 Å². The van der Waals surface area contributed by atoms with Crippen LogP contribution in [0.2, 0.25) is 0 Å². The zero-order chi connectivity index (χ0) is 37.5. The van der Waals surface area contributed by atoms with Gasteiger partial charge >= 0.3 is 0 Å². The third-order valence-corrected chi connectivity index (χ3v) is 12.7. The van der Waals surface area contributed by atoms with Gasteiger partial charge in [0.05, 0.1) is 11.2 Å². The average molecular weight is 751 g/mol. The van der Waals surface area contributed by atoms with Crippen molar-refractivity contribution in [3.8, 4) is 16.8 Å². The lowest BCUT2D eigenvalue weighted by molar-refractivity contribution is 0.669. The Kier molecular flexibility index (Phi) is 7.22. The number of thiophene rings is 1. The van der Waals surface area contributed by atoms with Crippen LogP contribution in [0.3, 0.4) is 0 Å². The number of hydrogen-bond donors (Lipinski definition) is 1. The summed E-state index contributed by atoms with van der Waals surface area (Å²) < 4.78 is 11.6. The van der Waals surface area contributed by atoms with Crippen molar-refractivity contribution in [2.45, 2.75) is 19.0 Å². The molecule has 270 valence electrons. The van der Waals surface area contributed by atoms with Gasteiger partial charge in [-0.1, -0.05) is 103 Å². The summed E-state index contributed by atoms with van der Waals surface area (Å²) in [4.78, 5) is 10.2. The highest BCUT2D eigenvalue weighted by Gasteiger charge is 2.23. The van der Waals surface area contributed by atoms with E-state index in [4.69, 9.17) is 14.4 Å². The van der Waals surface area contributed by atoms with Crippen LogP contribution < -0.4 is 5.32 Å². The van der Waals surface area contributed by atoms with E-state index in [1.54, 1.807) is 0 Å². The molecule has 0 saturated carbocycles. The first-order valence-electron chi connectivity index (χ1n) is 19.5. The molecule has 57 heavy (non-hydrogen) atoms. The number of nitrogens with one attached hydrogen (secondary N) is 1. The van der Waals surface area contributed by atoms with Crippen LogP contribution in [0.25, 0.3) is 75.9 Å². The molecular weight excluding hydrogens is 717 g/mol. The van der Waals surface area contributed by atoms with Crippen molar-refractivity contribution in [2.75, 3.05) is 0 Å². The Morgan fingerprint density at radius 2 is 1.40 bits per heavy atom. The number of benzene rings is 7. The average Bonchev–Trinajstić information content (AvgIpc) is 3.95. The Bertz CT molecular complexity index is 3330. The summed E-state index contributed by atoms with van der Waals surface area (Å²) >= 11 is 1.86. The van der Waals surface area contributed by atoms with E-state index in [2.05, 4.69) is 137 Å². The lowest BCUT2D eigenvalue weighted by Gasteiger charge is -2.23. The minimum absolute atomic E-state index is 0.258. The SMILES string of the molecule is C1=Cc2c(c3ccccc3n2-c2cccc3sc4ccc(-c5ccc6c(c5)oc5ccc(C7=NC(c8ccccc8)NC(c8ccccc8)=N7)cc56)cc4c23)CC1. The van der Waals surface area contributed by atoms with Crippen LogP contribution in [-0.2, 0) is 6.42 Å². The van der Waals surface area contributed by atoms with E-state index in [1.807, 2.05) is 53.8 Å². The fourth-order valence-electron chi connectivity index (χ4n) is 8.84. The van der Waals surface area contributed by atoms with Crippen LogP contribution in [-0.4, -0.2) is 16.2 Å². The van der Waals surface area contributed by atoms with Gasteiger partial charge < -0.3 is 14.3 Å². The lowest BCUT2D eigenvalue weighted by atomic mass is 10.00. The van der Waals surface area contributed by atoms with Gasteiger partial charge in [-0.05, 0) is 102 Å². The molecule has 5 nitrogen and oxygen atoms in total. The predicted octanol–water partition coefficient (Wildman–Crippen LogP) is 13.0. The van der Waals surface area contributed by atoms with E-state index in [1.165, 1.54) is 48.0 Å². The predicted molar refractivity (Wildman–Crippen MR) is 238 cm³/mol. The number of hydrogen-bond acceptors (Lipinski definition) is 5. The number of aromatic nitrogens is 1. The van der Waals surface area contributed by atoms with Gasteiger partial charge in [0.2, 0.25) is 0 Å². The molecule has 0 saturated heterocycles. The number of aliphatic imine (C=N–C) groups is 2. The molecule has 3 aromatic heterocycles. The number of para-hydroxylation sites is 1. The molecule has 12 rings (SSSR count). The van der Waals surface area contributed by atoms with E-state index in [0.29, 0.717) is 5.84 Å². The number of amidine groups is 2. The Labute approximate surface area is 332 Å². The van der Waals surface area contributed by atoms with Crippen molar-refractivity contribution in [1.82, 2.24) is 9.88 Å². The van der Waals surface area contributed by atoms with Crippen molar-refractivity contribution in [1.29, 1.82) is 0 Å². The maximum absolute atomic E-state index is 6.55. The van der Waals surface area contributed by atoms with Crippen molar-refractivity contribution >= 4 is 82.1 Å². The molecule has 1 aliphatic carbocycles. The Morgan fingerprint density at radius 3 is 2.32 bits per heavy atom. The van der Waals surface area contributed by atoms with E-state index in [-0.39, 0.29) is 6.17 Å². The highest BCUT2D eigenvalue weighted by atomic mass is 32.1. The van der Waals surface area contributed by atoms with Crippen molar-refractivity contribution in [2.24, 2.45) is 9.98 Å². The molecule has 10 aromatic rings. The van der Waals surface area contributed by atoms with E-state index < -0.39 is 0 Å². The summed E-state index contributed by atoms with van der Waals surface area (Å²) in [6, 6.07) is 56.0. The Morgan fingerprint density at radius 1 is 0.614 bits per heavy atom. The third kappa shape index (κ3) is 5.21. The summed E-state index contributed by atoms with van der Waals surface area (Å²) in [6.45, 7) is 0. The minimum Gasteiger partial charge on any atom is -0.456 e. The van der Waals surface area contributed by atoms with E-state index in [9.17, 15) is 0 Å². The molecule has 0 spiro atoms. The lowest BCUT2D eigenvalue weighted by Crippen LogP contribution is -2.33. The highest BCUT2D eigenvalue weighted by Crippen LogP contribution is 2.43. The fraction of sp³-hybridized carbons (Fsp3) is 0.0588. The van der Waals surface area contributed by atoms with E-state index in [0.717, 1.165) is 68.4 Å². The first-order valence-corrected chi connectivity index (χ1v) is 20.3. The summed E-state index contributed by atoms with van der Waals surface area (Å²) in [5.41, 5.74) is 12.3. The van der Waals surface area contributed by atoms with E-state index >= 15 is 0 Å². The number of aryl methyl sites for hydroxylation is 1. The molecule has 0 amide bonds. The largest absolute Gasteiger partial charge is 0.456 e. The topological polar surface area (TPSA) is 54.8 Å². The number of fused-ring (bicyclic) bond motifs is 9. The van der Waals surface area contributed by atoms with Crippen LogP contribution in [0, 0.1) is 0 Å². The smallest absolute Gasteiger partial charge is 0.159 e. The maximum Gasteiger partial charge on any atom is 0.159 e. The highest BCUT2D eigenvalue weighted by molar-refractivity contribution is 7.25. The second kappa shape index (κ2) is 12.8. The van der Waals surface area contributed by atoms with Crippen LogP contribution in [0.4, 0.5) is 0 Å². The number of allylic oxidation sites excluding steroid dienone is 1. The van der Waals surface area contributed by atoms with Gasteiger partial charge in [0, 0.05) is 53.2 Å². The second-order valence-corrected chi connectivity index (χ2v) is 16.0. The molecule has 0 bridgehead atoms. The zero-order valence-corrected chi connectivity index (χ0v) is 31.6. The van der Waals surface area contributed by atoms with Crippen LogP contribution in [0.1, 0.15) is 40.5 Å². The van der Waals surface area contributed by atoms with Gasteiger partial charge in [-0.25, -0.2) is 9.98 Å². The molecule has 7 aromatic carbocycles. The third-order valence-electron chi connectivity index (χ3n) is 11.5. The quantitative estimate of drug-likeness (QED) is 0.190. The first kappa shape index (κ1) is 32.2. The first-order chi connectivity index (χ1) is 28.2. The Hall–Kier alpha value is -7.02. The molecule has 0 radical (unpaired) electrons. The molecule has 4 heterocycles. The van der Waals surface area contributed by atoms with Crippen LogP contribution in [0.5, 0.6) is 0 Å². The van der Waals surface area contributed by atoms with Gasteiger partial charge in [-0.2, -0.15) is 0 Å². The van der Waals surface area contributed by atoms with Gasteiger partial charge in [-0.3, -0.25) is 0 Å². The fourth-order valence-corrected chi connectivity index (χ4v) is 9.95. The molecule has 0 fully saturated rings. The summed E-state index contributed by atoms with van der Waals surface area (Å²) in [5.74, 6) is 1.49. The molecule has 1 atom stereocenters. The van der Waals surface area contributed by atoms with Crippen molar-refractivity contribution < 1.29 is 4.42 Å². The summed E-state index contributed by atoms with van der Waals surface area (Å²) in [5, 5.41) is 9.60. The standard InChI is InChI=1S/C51H34N4OS/c1-3-12-31(13-4-1)49-52-50(32-14-5-2-6-15-32)54-51(53-49)35-23-26-44-39(29-35)38-25-22-34(30-45(38)56-44)33-24-27-46-40(28-33)48-43(20-11-21-47(48)57-46)55-41-18-9-7-16-36(41)37-17-8-10-19-42(37)55/h1-7,9-16,18-30,49H,8,17H2,(H,52,53,54). The minimum atomic E-state index is -0.258. The number of nitrogens with zero attached hydrogens (tertiary/aromatic N) is 3. The van der Waals surface area contributed by atoms with Crippen molar-refractivity contribution in [3.05, 3.63) is 192 Å². The summed E-state index contributed by atoms with van der Waals surface area (Å²) in [7, 11) is 0. The normalized spacial score (nSPS) is 15.3. The van der Waals surface area contributed by atoms with Crippen LogP contribution in [0.15, 0.2) is 178 Å². The number of rotatable bonds is 5. The molecule has 1 unspecified atom stereocenters. The molecule has 6 heteroatoms. The molecule has 2 aliphatic rings. The maximum atomic E-state index is 6.55. The summed E-state index contributed by atoms with van der Waals surface area (Å²) in [6.07, 6.45) is 6.53. The zero-order valence-electron chi connectivity index (χ0n) is 30.8. The van der Waals surface area contributed by atoms with Gasteiger partial charge in [-0.15, -0.1) is 11.3 Å². The molecule has 1 aliphatic heterocycles. The van der Waals surface area contributed by atoms with Gasteiger partial charge in [0.15, 0.2) is 5.84 Å². The van der Waals surface area contributed by atoms with Crippen LogP contribution >= 0.6 is 11.3 Å². The second-order valence-electron chi connectivity index (χ2n) is 14.9. The Balaban J connectivity index is 0.957. The number of furan rings is 1.